The second kappa shape index (κ2) is 11.4. The summed E-state index contributed by atoms with van der Waals surface area (Å²) in [7, 11) is 6.35. The molecule has 176 valence electrons. The monoisotopic (exact) mass is 461 g/mol. The molecule has 1 aromatic heterocycles. The van der Waals surface area contributed by atoms with Crippen LogP contribution in [0.3, 0.4) is 0 Å². The third-order valence-electron chi connectivity index (χ3n) is 4.97. The molecule has 3 N–H and O–H groups in total. The van der Waals surface area contributed by atoms with Crippen molar-refractivity contribution in [3.05, 3.63) is 70.6 Å². The molecule has 0 saturated carbocycles. The largest absolute Gasteiger partial charge is 0.493 e. The Balaban J connectivity index is 1.93. The first kappa shape index (κ1) is 24.2. The van der Waals surface area contributed by atoms with Crippen LogP contribution >= 0.6 is 0 Å². The van der Waals surface area contributed by atoms with E-state index < -0.39 is 5.91 Å². The smallest absolute Gasteiger partial charge is 0.241 e. The van der Waals surface area contributed by atoms with E-state index >= 15 is 0 Å². The number of hydrogen-bond donors (Lipinski definition) is 2. The van der Waals surface area contributed by atoms with Gasteiger partial charge in [-0.3, -0.25) is 9.89 Å². The standard InChI is InChI=1S/C26H27N3O5/c1-31-22-12-7-17(15-24(22)33-3)5-10-20-19(9-14-26(27)30)21(29-28-20)11-6-18-8-13-23(32-2)25(16-18)34-4/h5-16H,1-4H3,(H2,27,30)(H,28,29)/b10-5+,11-6+,14-9+. The number of amides is 1. The first-order chi connectivity index (χ1) is 16.5. The predicted molar refractivity (Wildman–Crippen MR) is 134 cm³/mol. The van der Waals surface area contributed by atoms with Crippen molar-refractivity contribution in [3.63, 3.8) is 0 Å². The number of nitrogens with zero attached hydrogens (tertiary/aromatic N) is 1. The summed E-state index contributed by atoms with van der Waals surface area (Å²) in [4.78, 5) is 11.4. The molecule has 0 fully saturated rings. The van der Waals surface area contributed by atoms with Crippen LogP contribution in [0, 0.1) is 0 Å². The zero-order valence-electron chi connectivity index (χ0n) is 19.5. The van der Waals surface area contributed by atoms with E-state index in [0.717, 1.165) is 11.1 Å². The van der Waals surface area contributed by atoms with Gasteiger partial charge in [0, 0.05) is 11.6 Å². The number of H-pyrrole nitrogens is 1. The number of rotatable bonds is 10. The summed E-state index contributed by atoms with van der Waals surface area (Å²) in [5.41, 5.74) is 9.17. The number of carbonyl (C=O) groups excluding carboxylic acids is 1. The van der Waals surface area contributed by atoms with Gasteiger partial charge in [-0.1, -0.05) is 24.3 Å². The van der Waals surface area contributed by atoms with E-state index in [4.69, 9.17) is 24.7 Å². The first-order valence-corrected chi connectivity index (χ1v) is 10.3. The molecule has 0 aliphatic rings. The van der Waals surface area contributed by atoms with Crippen LogP contribution in [0.4, 0.5) is 0 Å². The molecule has 8 nitrogen and oxygen atoms in total. The Kier molecular flexibility index (Phi) is 8.12. The van der Waals surface area contributed by atoms with E-state index in [1.807, 2.05) is 60.7 Å². The second-order valence-corrected chi connectivity index (χ2v) is 7.07. The van der Waals surface area contributed by atoms with E-state index in [1.165, 1.54) is 6.08 Å². The van der Waals surface area contributed by atoms with Crippen LogP contribution in [-0.2, 0) is 4.79 Å². The van der Waals surface area contributed by atoms with Crippen LogP contribution in [0.5, 0.6) is 23.0 Å². The molecule has 0 aliphatic carbocycles. The highest BCUT2D eigenvalue weighted by Gasteiger charge is 2.09. The van der Waals surface area contributed by atoms with Gasteiger partial charge < -0.3 is 24.7 Å². The lowest BCUT2D eigenvalue weighted by atomic mass is 10.1. The zero-order valence-corrected chi connectivity index (χ0v) is 19.5. The average molecular weight is 462 g/mol. The zero-order chi connectivity index (χ0) is 24.5. The Morgan fingerprint density at radius 2 is 1.29 bits per heavy atom. The van der Waals surface area contributed by atoms with Gasteiger partial charge in [0.2, 0.25) is 5.91 Å². The van der Waals surface area contributed by atoms with Crippen molar-refractivity contribution < 1.29 is 23.7 Å². The van der Waals surface area contributed by atoms with Crippen molar-refractivity contribution in [3.8, 4) is 23.0 Å². The quantitative estimate of drug-likeness (QED) is 0.436. The fraction of sp³-hybridized carbons (Fsp3) is 0.154. The predicted octanol–water partition coefficient (Wildman–Crippen LogP) is 4.28. The van der Waals surface area contributed by atoms with Crippen molar-refractivity contribution in [2.24, 2.45) is 5.73 Å². The lowest BCUT2D eigenvalue weighted by Gasteiger charge is -2.07. The molecule has 8 heteroatoms. The maximum absolute atomic E-state index is 11.4. The number of methoxy groups -OCH3 is 4. The minimum atomic E-state index is -0.550. The van der Waals surface area contributed by atoms with Crippen molar-refractivity contribution in [1.82, 2.24) is 10.2 Å². The molecule has 1 heterocycles. The number of aromatic nitrogens is 2. The van der Waals surface area contributed by atoms with Gasteiger partial charge in [0.05, 0.1) is 39.8 Å². The van der Waals surface area contributed by atoms with Gasteiger partial charge in [0.25, 0.3) is 0 Å². The summed E-state index contributed by atoms with van der Waals surface area (Å²) in [5.74, 6) is 1.99. The summed E-state index contributed by atoms with van der Waals surface area (Å²) in [6.07, 6.45) is 10.4. The maximum Gasteiger partial charge on any atom is 0.241 e. The Labute approximate surface area is 198 Å². The number of aromatic amines is 1. The average Bonchev–Trinajstić information content (AvgIpc) is 3.25. The van der Waals surface area contributed by atoms with Gasteiger partial charge in [-0.05, 0) is 53.6 Å². The molecule has 2 aromatic carbocycles. The third-order valence-corrected chi connectivity index (χ3v) is 4.97. The number of hydrogen-bond acceptors (Lipinski definition) is 6. The summed E-state index contributed by atoms with van der Waals surface area (Å²) in [6.45, 7) is 0. The number of primary amides is 1. The Hall–Kier alpha value is -4.46. The molecule has 3 rings (SSSR count). The lowest BCUT2D eigenvalue weighted by Crippen LogP contribution is -2.05. The highest BCUT2D eigenvalue weighted by Crippen LogP contribution is 2.30. The Bertz CT molecular complexity index is 1160. The van der Waals surface area contributed by atoms with E-state index in [9.17, 15) is 4.79 Å². The number of nitrogens with one attached hydrogen (secondary N) is 1. The van der Waals surface area contributed by atoms with Gasteiger partial charge in [-0.15, -0.1) is 0 Å². The fourth-order valence-electron chi connectivity index (χ4n) is 3.24. The fourth-order valence-corrected chi connectivity index (χ4v) is 3.24. The van der Waals surface area contributed by atoms with Crippen molar-refractivity contribution in [2.75, 3.05) is 28.4 Å². The van der Waals surface area contributed by atoms with Crippen LogP contribution < -0.4 is 24.7 Å². The summed E-state index contributed by atoms with van der Waals surface area (Å²) in [5, 5.41) is 7.40. The van der Waals surface area contributed by atoms with Crippen LogP contribution in [-0.4, -0.2) is 44.5 Å². The summed E-state index contributed by atoms with van der Waals surface area (Å²) < 4.78 is 21.3. The molecule has 0 radical (unpaired) electrons. The van der Waals surface area contributed by atoms with Gasteiger partial charge >= 0.3 is 0 Å². The van der Waals surface area contributed by atoms with Gasteiger partial charge in [0.1, 0.15) is 0 Å². The molecule has 1 amide bonds. The summed E-state index contributed by atoms with van der Waals surface area (Å²) >= 11 is 0. The normalized spacial score (nSPS) is 11.4. The molecule has 3 aromatic rings. The van der Waals surface area contributed by atoms with Crippen LogP contribution in [0.2, 0.25) is 0 Å². The molecule has 0 atom stereocenters. The maximum atomic E-state index is 11.4. The molecular weight excluding hydrogens is 434 g/mol. The molecule has 0 spiro atoms. The Morgan fingerprint density at radius 1 is 0.765 bits per heavy atom. The third kappa shape index (κ3) is 5.86. The van der Waals surface area contributed by atoms with Gasteiger partial charge in [-0.25, -0.2) is 0 Å². The van der Waals surface area contributed by atoms with Crippen molar-refractivity contribution in [1.29, 1.82) is 0 Å². The number of carbonyl (C=O) groups is 1. The van der Waals surface area contributed by atoms with E-state index in [-0.39, 0.29) is 0 Å². The van der Waals surface area contributed by atoms with E-state index in [2.05, 4.69) is 10.2 Å². The Morgan fingerprint density at radius 3 is 1.79 bits per heavy atom. The van der Waals surface area contributed by atoms with Gasteiger partial charge in [0.15, 0.2) is 23.0 Å². The highest BCUT2D eigenvalue weighted by molar-refractivity contribution is 5.92. The minimum absolute atomic E-state index is 0.550. The number of ether oxygens (including phenoxy) is 4. The van der Waals surface area contributed by atoms with Crippen LogP contribution in [0.25, 0.3) is 30.4 Å². The molecule has 0 unspecified atom stereocenters. The molecule has 0 aliphatic heterocycles. The van der Waals surface area contributed by atoms with Crippen molar-refractivity contribution in [2.45, 2.75) is 0 Å². The van der Waals surface area contributed by atoms with Crippen LogP contribution in [0.15, 0.2) is 42.5 Å². The van der Waals surface area contributed by atoms with Crippen LogP contribution in [0.1, 0.15) is 28.1 Å². The molecule has 0 saturated heterocycles. The first-order valence-electron chi connectivity index (χ1n) is 10.3. The second-order valence-electron chi connectivity index (χ2n) is 7.07. The van der Waals surface area contributed by atoms with Crippen molar-refractivity contribution >= 4 is 36.3 Å². The summed E-state index contributed by atoms with van der Waals surface area (Å²) in [6, 6.07) is 11.2. The van der Waals surface area contributed by atoms with E-state index in [0.29, 0.717) is 39.9 Å². The lowest BCUT2D eigenvalue weighted by molar-refractivity contribution is -0.113. The highest BCUT2D eigenvalue weighted by atomic mass is 16.5. The molecule has 34 heavy (non-hydrogen) atoms. The molecular formula is C26H27N3O5. The molecule has 0 bridgehead atoms. The SMILES string of the molecule is COc1ccc(/C=C/c2n[nH]c(/C=C/c3ccc(OC)c(OC)c3)c2/C=C/C(N)=O)cc1OC. The topological polar surface area (TPSA) is 109 Å². The number of nitrogens with two attached hydrogens (primary N) is 1. The van der Waals surface area contributed by atoms with Gasteiger partial charge in [-0.2, -0.15) is 5.10 Å². The minimum Gasteiger partial charge on any atom is -0.493 e. The number of benzene rings is 2. The van der Waals surface area contributed by atoms with E-state index in [1.54, 1.807) is 34.5 Å².